The second-order valence-electron chi connectivity index (χ2n) is 7.29. The summed E-state index contributed by atoms with van der Waals surface area (Å²) in [5.74, 6) is 0. The lowest BCUT2D eigenvalue weighted by atomic mass is 9.95. The Bertz CT molecular complexity index is 629. The fourth-order valence-electron chi connectivity index (χ4n) is 4.45. The number of piperidine rings is 1. The lowest BCUT2D eigenvalue weighted by Gasteiger charge is -2.36. The molecule has 0 spiro atoms. The summed E-state index contributed by atoms with van der Waals surface area (Å²) in [7, 11) is 0. The van der Waals surface area contributed by atoms with E-state index < -0.39 is 0 Å². The van der Waals surface area contributed by atoms with E-state index in [2.05, 4.69) is 54.6 Å². The number of nitrogens with one attached hydrogen (secondary N) is 2. The lowest BCUT2D eigenvalue weighted by Crippen LogP contribution is -3.20. The van der Waals surface area contributed by atoms with Crippen LogP contribution in [0.15, 0.2) is 54.6 Å². The van der Waals surface area contributed by atoms with E-state index in [4.69, 9.17) is 0 Å². The summed E-state index contributed by atoms with van der Waals surface area (Å²) in [5.41, 5.74) is 4.66. The quantitative estimate of drug-likeness (QED) is 0.833. The van der Waals surface area contributed by atoms with Gasteiger partial charge in [-0.15, -0.1) is 0 Å². The van der Waals surface area contributed by atoms with Gasteiger partial charge in [0.15, 0.2) is 0 Å². The molecule has 0 aliphatic carbocycles. The Labute approximate surface area is 139 Å². The Morgan fingerprint density at radius 1 is 0.783 bits per heavy atom. The minimum Gasteiger partial charge on any atom is -0.331 e. The van der Waals surface area contributed by atoms with Crippen molar-refractivity contribution in [2.75, 3.05) is 19.6 Å². The molecule has 2 aromatic carbocycles. The first-order chi connectivity index (χ1) is 11.4. The summed E-state index contributed by atoms with van der Waals surface area (Å²) in [4.78, 5) is 3.60. The van der Waals surface area contributed by atoms with Crippen molar-refractivity contribution in [1.82, 2.24) is 0 Å². The van der Waals surface area contributed by atoms with Gasteiger partial charge in [0, 0.05) is 30.4 Å². The van der Waals surface area contributed by atoms with Crippen LogP contribution in [-0.2, 0) is 19.5 Å². The largest absolute Gasteiger partial charge is 0.331 e. The summed E-state index contributed by atoms with van der Waals surface area (Å²) in [6, 6.07) is 20.9. The maximum absolute atomic E-state index is 2.34. The van der Waals surface area contributed by atoms with Crippen molar-refractivity contribution in [2.45, 2.75) is 38.4 Å². The van der Waals surface area contributed by atoms with Crippen LogP contribution in [0.2, 0.25) is 0 Å². The number of fused-ring (bicyclic) bond motifs is 1. The van der Waals surface area contributed by atoms with E-state index in [1.807, 2.05) is 4.90 Å². The molecule has 2 heterocycles. The van der Waals surface area contributed by atoms with Crippen LogP contribution in [0.25, 0.3) is 0 Å². The molecular formula is C21H28N2+2. The Morgan fingerprint density at radius 2 is 1.48 bits per heavy atom. The first kappa shape index (κ1) is 14.9. The molecule has 2 heteroatoms. The molecule has 1 atom stereocenters. The average molecular weight is 308 g/mol. The normalized spacial score (nSPS) is 27.4. The topological polar surface area (TPSA) is 8.88 Å². The number of hydrogen-bond acceptors (Lipinski definition) is 0. The molecule has 1 fully saturated rings. The first-order valence-electron chi connectivity index (χ1n) is 9.17. The van der Waals surface area contributed by atoms with Gasteiger partial charge in [-0.3, -0.25) is 0 Å². The van der Waals surface area contributed by atoms with Crippen LogP contribution < -0.4 is 9.80 Å². The van der Waals surface area contributed by atoms with Gasteiger partial charge in [0.05, 0.1) is 25.7 Å². The van der Waals surface area contributed by atoms with Gasteiger partial charge in [0.25, 0.3) is 0 Å². The summed E-state index contributed by atoms with van der Waals surface area (Å²) >= 11 is 0. The van der Waals surface area contributed by atoms with Crippen LogP contribution in [-0.4, -0.2) is 25.7 Å². The maximum atomic E-state index is 2.34. The third kappa shape index (κ3) is 3.49. The van der Waals surface area contributed by atoms with Crippen LogP contribution in [0, 0.1) is 0 Å². The van der Waals surface area contributed by atoms with Crippen molar-refractivity contribution in [1.29, 1.82) is 0 Å². The second kappa shape index (κ2) is 6.86. The third-order valence-corrected chi connectivity index (χ3v) is 5.82. The summed E-state index contributed by atoms with van der Waals surface area (Å²) in [6.45, 7) is 6.45. The number of quaternary nitrogens is 2. The van der Waals surface area contributed by atoms with Crippen molar-refractivity contribution in [2.24, 2.45) is 0 Å². The van der Waals surface area contributed by atoms with Crippen LogP contribution in [0.5, 0.6) is 0 Å². The zero-order chi connectivity index (χ0) is 15.5. The molecule has 2 N–H and O–H groups in total. The van der Waals surface area contributed by atoms with Crippen LogP contribution >= 0.6 is 0 Å². The summed E-state index contributed by atoms with van der Waals surface area (Å²) in [6.07, 6.45) is 4.04. The highest BCUT2D eigenvalue weighted by atomic mass is 15.2. The maximum Gasteiger partial charge on any atom is 0.103 e. The Kier molecular flexibility index (Phi) is 4.45. The molecule has 2 aliphatic rings. The van der Waals surface area contributed by atoms with Gasteiger partial charge < -0.3 is 9.80 Å². The Morgan fingerprint density at radius 3 is 2.26 bits per heavy atom. The molecule has 1 unspecified atom stereocenters. The van der Waals surface area contributed by atoms with E-state index in [9.17, 15) is 0 Å². The van der Waals surface area contributed by atoms with Gasteiger partial charge in [0.1, 0.15) is 13.1 Å². The fraction of sp³-hybridized carbons (Fsp3) is 0.429. The first-order valence-corrected chi connectivity index (χ1v) is 9.17. The highest BCUT2D eigenvalue weighted by Crippen LogP contribution is 2.12. The molecule has 2 nitrogen and oxygen atoms in total. The van der Waals surface area contributed by atoms with E-state index in [1.54, 1.807) is 16.0 Å². The Hall–Kier alpha value is -1.64. The van der Waals surface area contributed by atoms with Crippen LogP contribution in [0.4, 0.5) is 0 Å². The molecule has 2 aliphatic heterocycles. The molecule has 4 rings (SSSR count). The molecule has 23 heavy (non-hydrogen) atoms. The van der Waals surface area contributed by atoms with Crippen molar-refractivity contribution in [3.8, 4) is 0 Å². The van der Waals surface area contributed by atoms with Crippen molar-refractivity contribution in [3.05, 3.63) is 71.3 Å². The second-order valence-corrected chi connectivity index (χ2v) is 7.29. The number of likely N-dealkylation sites (tertiary alicyclic amines) is 1. The van der Waals surface area contributed by atoms with E-state index >= 15 is 0 Å². The molecule has 0 saturated carbocycles. The molecule has 0 radical (unpaired) electrons. The monoisotopic (exact) mass is 308 g/mol. The van der Waals surface area contributed by atoms with Gasteiger partial charge in [-0.1, -0.05) is 54.6 Å². The SMILES string of the molecule is c1ccc(C[NH+]2CCC([NH+]3CCc4ccccc4C3)CC2)cc1. The van der Waals surface area contributed by atoms with Gasteiger partial charge in [-0.2, -0.15) is 0 Å². The van der Waals surface area contributed by atoms with Crippen LogP contribution in [0.3, 0.4) is 0 Å². The number of benzene rings is 2. The molecule has 0 aromatic heterocycles. The number of rotatable bonds is 3. The highest BCUT2D eigenvalue weighted by molar-refractivity contribution is 5.27. The zero-order valence-corrected chi connectivity index (χ0v) is 13.9. The van der Waals surface area contributed by atoms with E-state index in [0.717, 1.165) is 6.04 Å². The van der Waals surface area contributed by atoms with E-state index in [0.29, 0.717) is 0 Å². The third-order valence-electron chi connectivity index (χ3n) is 5.82. The highest BCUT2D eigenvalue weighted by Gasteiger charge is 2.32. The fourth-order valence-corrected chi connectivity index (χ4v) is 4.45. The minimum absolute atomic E-state index is 0.878. The van der Waals surface area contributed by atoms with Crippen molar-refractivity contribution < 1.29 is 9.80 Å². The minimum atomic E-state index is 0.878. The molecule has 1 saturated heterocycles. The molecule has 0 amide bonds. The molecule has 2 aromatic rings. The Balaban J connectivity index is 1.32. The van der Waals surface area contributed by atoms with Gasteiger partial charge in [-0.25, -0.2) is 0 Å². The molecular weight excluding hydrogens is 280 g/mol. The van der Waals surface area contributed by atoms with Gasteiger partial charge >= 0.3 is 0 Å². The van der Waals surface area contributed by atoms with E-state index in [-0.39, 0.29) is 0 Å². The number of hydrogen-bond donors (Lipinski definition) is 2. The van der Waals surface area contributed by atoms with Gasteiger partial charge in [-0.05, 0) is 5.56 Å². The molecule has 120 valence electrons. The summed E-state index contributed by atoms with van der Waals surface area (Å²) < 4.78 is 0. The van der Waals surface area contributed by atoms with Crippen LogP contribution in [0.1, 0.15) is 29.5 Å². The smallest absolute Gasteiger partial charge is 0.103 e. The standard InChI is InChI=1S/C21H26N2/c1-2-6-18(7-3-1)16-22-13-11-21(12-14-22)23-15-10-19-8-4-5-9-20(19)17-23/h1-9,21H,10-17H2/p+2. The zero-order valence-electron chi connectivity index (χ0n) is 13.9. The molecule has 0 bridgehead atoms. The van der Waals surface area contributed by atoms with Gasteiger partial charge in [0.2, 0.25) is 0 Å². The average Bonchev–Trinajstić information content (AvgIpc) is 2.63. The van der Waals surface area contributed by atoms with E-state index in [1.165, 1.54) is 57.5 Å². The van der Waals surface area contributed by atoms with Crippen molar-refractivity contribution >= 4 is 0 Å². The predicted molar refractivity (Wildman–Crippen MR) is 93.5 cm³/mol. The van der Waals surface area contributed by atoms with Crippen molar-refractivity contribution in [3.63, 3.8) is 0 Å². The predicted octanol–water partition coefficient (Wildman–Crippen LogP) is 0.875. The summed E-state index contributed by atoms with van der Waals surface area (Å²) in [5, 5.41) is 0. The lowest BCUT2D eigenvalue weighted by molar-refractivity contribution is -0.972.